The third-order valence-electron chi connectivity index (χ3n) is 3.30. The number of hydrogen-bond acceptors (Lipinski definition) is 6. The van der Waals surface area contributed by atoms with Gasteiger partial charge in [0.2, 0.25) is 11.9 Å². The quantitative estimate of drug-likeness (QED) is 0.636. The third kappa shape index (κ3) is 3.37. The van der Waals surface area contributed by atoms with E-state index in [0.29, 0.717) is 11.1 Å². The fraction of sp³-hybridized carbons (Fsp3) is 0.0625. The molecule has 0 aliphatic carbocycles. The summed E-state index contributed by atoms with van der Waals surface area (Å²) in [7, 11) is 0. The molecule has 1 heterocycles. The summed E-state index contributed by atoms with van der Waals surface area (Å²) in [5.74, 6) is -0.452. The predicted molar refractivity (Wildman–Crippen MR) is 87.8 cm³/mol. The van der Waals surface area contributed by atoms with Crippen LogP contribution in [0.2, 0.25) is 0 Å². The lowest BCUT2D eigenvalue weighted by atomic mass is 10.1. The average Bonchev–Trinajstić information content (AvgIpc) is 2.53. The van der Waals surface area contributed by atoms with Crippen molar-refractivity contribution >= 4 is 17.6 Å². The van der Waals surface area contributed by atoms with Crippen molar-refractivity contribution in [1.82, 2.24) is 15.0 Å². The van der Waals surface area contributed by atoms with Gasteiger partial charge >= 0.3 is 0 Å². The molecule has 8 heteroatoms. The minimum absolute atomic E-state index is 0.0280. The van der Waals surface area contributed by atoms with Crippen LogP contribution in [-0.4, -0.2) is 15.0 Å². The van der Waals surface area contributed by atoms with Crippen LogP contribution in [0, 0.1) is 11.6 Å². The van der Waals surface area contributed by atoms with Gasteiger partial charge in [0.25, 0.3) is 0 Å². The van der Waals surface area contributed by atoms with Crippen molar-refractivity contribution in [2.24, 2.45) is 0 Å². The standard InChI is InChI=1S/C16H14F2N6/c17-10-5-6-11(13(19)7-10)14-22-15(20)24-16(23-14)21-8-9-3-1-2-4-12(9)18/h1-7H,8,19H2,(H3,20,21,22,23,24). The largest absolute Gasteiger partial charge is 0.398 e. The number of nitrogens with zero attached hydrogens (tertiary/aromatic N) is 3. The lowest BCUT2D eigenvalue weighted by molar-refractivity contribution is 0.612. The minimum atomic E-state index is -0.462. The Morgan fingerprint density at radius 1 is 0.958 bits per heavy atom. The number of halogens is 2. The number of anilines is 3. The van der Waals surface area contributed by atoms with Crippen molar-refractivity contribution in [2.75, 3.05) is 16.8 Å². The smallest absolute Gasteiger partial charge is 0.228 e. The summed E-state index contributed by atoms with van der Waals surface area (Å²) in [6.07, 6.45) is 0. The molecule has 0 unspecified atom stereocenters. The van der Waals surface area contributed by atoms with Gasteiger partial charge in [-0.1, -0.05) is 18.2 Å². The van der Waals surface area contributed by atoms with Crippen LogP contribution in [0.15, 0.2) is 42.5 Å². The summed E-state index contributed by atoms with van der Waals surface area (Å²) in [5.41, 5.74) is 12.5. The Hall–Kier alpha value is -3.29. The molecule has 24 heavy (non-hydrogen) atoms. The highest BCUT2D eigenvalue weighted by Gasteiger charge is 2.11. The molecule has 122 valence electrons. The van der Waals surface area contributed by atoms with Crippen LogP contribution in [0.4, 0.5) is 26.4 Å². The normalized spacial score (nSPS) is 10.6. The first-order chi connectivity index (χ1) is 11.5. The zero-order valence-corrected chi connectivity index (χ0v) is 12.5. The fourth-order valence-electron chi connectivity index (χ4n) is 2.15. The van der Waals surface area contributed by atoms with Crippen LogP contribution < -0.4 is 16.8 Å². The lowest BCUT2D eigenvalue weighted by Crippen LogP contribution is -2.09. The summed E-state index contributed by atoms with van der Waals surface area (Å²) in [6, 6.07) is 10.2. The highest BCUT2D eigenvalue weighted by molar-refractivity contribution is 5.72. The van der Waals surface area contributed by atoms with Crippen LogP contribution in [0.1, 0.15) is 5.56 Å². The van der Waals surface area contributed by atoms with Gasteiger partial charge in [-0.05, 0) is 24.3 Å². The molecular formula is C16H14F2N6. The first-order valence-corrected chi connectivity index (χ1v) is 7.07. The van der Waals surface area contributed by atoms with Gasteiger partial charge in [-0.2, -0.15) is 15.0 Å². The molecule has 3 rings (SSSR count). The number of benzene rings is 2. The summed E-state index contributed by atoms with van der Waals surface area (Å²) in [5, 5.41) is 2.89. The molecule has 0 atom stereocenters. The van der Waals surface area contributed by atoms with Gasteiger partial charge in [-0.25, -0.2) is 8.78 Å². The molecule has 0 aliphatic rings. The zero-order valence-electron chi connectivity index (χ0n) is 12.5. The van der Waals surface area contributed by atoms with Crippen molar-refractivity contribution in [2.45, 2.75) is 6.54 Å². The van der Waals surface area contributed by atoms with Crippen LogP contribution in [-0.2, 0) is 6.54 Å². The molecule has 0 fully saturated rings. The summed E-state index contributed by atoms with van der Waals surface area (Å²) in [4.78, 5) is 12.2. The number of nitrogens with two attached hydrogens (primary N) is 2. The van der Waals surface area contributed by atoms with Crippen molar-refractivity contribution in [3.63, 3.8) is 0 Å². The van der Waals surface area contributed by atoms with Gasteiger partial charge in [-0.15, -0.1) is 0 Å². The molecule has 0 saturated heterocycles. The Kier molecular flexibility index (Phi) is 4.19. The topological polar surface area (TPSA) is 103 Å². The van der Waals surface area contributed by atoms with Gasteiger partial charge in [0.15, 0.2) is 5.82 Å². The van der Waals surface area contributed by atoms with E-state index in [-0.39, 0.29) is 35.8 Å². The van der Waals surface area contributed by atoms with E-state index < -0.39 is 5.82 Å². The maximum absolute atomic E-state index is 13.6. The van der Waals surface area contributed by atoms with Crippen LogP contribution in [0.25, 0.3) is 11.4 Å². The van der Waals surface area contributed by atoms with Crippen LogP contribution in [0.5, 0.6) is 0 Å². The van der Waals surface area contributed by atoms with Gasteiger partial charge in [0.05, 0.1) is 0 Å². The summed E-state index contributed by atoms with van der Waals surface area (Å²) in [6.45, 7) is 0.175. The second-order valence-corrected chi connectivity index (χ2v) is 5.02. The van der Waals surface area contributed by atoms with Gasteiger partial charge in [0, 0.05) is 23.4 Å². The highest BCUT2D eigenvalue weighted by Crippen LogP contribution is 2.24. The number of rotatable bonds is 4. The Morgan fingerprint density at radius 2 is 1.75 bits per heavy atom. The molecule has 0 spiro atoms. The van der Waals surface area contributed by atoms with Gasteiger partial charge in [-0.3, -0.25) is 0 Å². The second-order valence-electron chi connectivity index (χ2n) is 5.02. The van der Waals surface area contributed by atoms with E-state index in [1.165, 1.54) is 24.3 Å². The van der Waals surface area contributed by atoms with Gasteiger partial charge < -0.3 is 16.8 Å². The number of hydrogen-bond donors (Lipinski definition) is 3. The Morgan fingerprint density at radius 3 is 2.50 bits per heavy atom. The summed E-state index contributed by atoms with van der Waals surface area (Å²) >= 11 is 0. The van der Waals surface area contributed by atoms with Crippen molar-refractivity contribution in [1.29, 1.82) is 0 Å². The molecule has 3 aromatic rings. The second kappa shape index (κ2) is 6.45. The minimum Gasteiger partial charge on any atom is -0.398 e. The maximum atomic E-state index is 13.6. The van der Waals surface area contributed by atoms with Crippen LogP contribution >= 0.6 is 0 Å². The molecular weight excluding hydrogens is 314 g/mol. The molecule has 6 nitrogen and oxygen atoms in total. The average molecular weight is 328 g/mol. The molecule has 1 aromatic heterocycles. The SMILES string of the molecule is Nc1nc(NCc2ccccc2F)nc(-c2ccc(F)cc2N)n1. The molecule has 0 aliphatic heterocycles. The molecule has 5 N–H and O–H groups in total. The van der Waals surface area contributed by atoms with Crippen LogP contribution in [0.3, 0.4) is 0 Å². The maximum Gasteiger partial charge on any atom is 0.228 e. The Bertz CT molecular complexity index is 884. The number of aromatic nitrogens is 3. The van der Waals surface area contributed by atoms with E-state index in [2.05, 4.69) is 20.3 Å². The van der Waals surface area contributed by atoms with Crippen molar-refractivity contribution < 1.29 is 8.78 Å². The molecule has 0 amide bonds. The van der Waals surface area contributed by atoms with E-state index in [9.17, 15) is 8.78 Å². The molecule has 0 radical (unpaired) electrons. The number of nitrogen functional groups attached to an aromatic ring is 2. The van der Waals surface area contributed by atoms with E-state index in [0.717, 1.165) is 0 Å². The van der Waals surface area contributed by atoms with Gasteiger partial charge in [0.1, 0.15) is 11.6 Å². The van der Waals surface area contributed by atoms with E-state index in [1.54, 1.807) is 18.2 Å². The number of nitrogens with one attached hydrogen (secondary N) is 1. The predicted octanol–water partition coefficient (Wildman–Crippen LogP) is 2.59. The fourth-order valence-corrected chi connectivity index (χ4v) is 2.15. The monoisotopic (exact) mass is 328 g/mol. The van der Waals surface area contributed by atoms with E-state index >= 15 is 0 Å². The third-order valence-corrected chi connectivity index (χ3v) is 3.30. The van der Waals surface area contributed by atoms with E-state index in [1.807, 2.05) is 0 Å². The molecule has 2 aromatic carbocycles. The van der Waals surface area contributed by atoms with Crippen molar-refractivity contribution in [3.05, 3.63) is 59.7 Å². The molecule has 0 bridgehead atoms. The van der Waals surface area contributed by atoms with Crippen molar-refractivity contribution in [3.8, 4) is 11.4 Å². The zero-order chi connectivity index (χ0) is 17.1. The Balaban J connectivity index is 1.88. The first kappa shape index (κ1) is 15.6. The summed E-state index contributed by atoms with van der Waals surface area (Å²) < 4.78 is 26.8. The molecule has 0 saturated carbocycles. The highest BCUT2D eigenvalue weighted by atomic mass is 19.1. The lowest BCUT2D eigenvalue weighted by Gasteiger charge is -2.09. The van der Waals surface area contributed by atoms with E-state index in [4.69, 9.17) is 11.5 Å². The Labute approximate surface area is 136 Å². The first-order valence-electron chi connectivity index (χ1n) is 7.07.